The van der Waals surface area contributed by atoms with Crippen molar-refractivity contribution in [3.63, 3.8) is 0 Å². The Morgan fingerprint density at radius 3 is 1.97 bits per heavy atom. The molecule has 0 aliphatic carbocycles. The van der Waals surface area contributed by atoms with Gasteiger partial charge in [0.15, 0.2) is 14.2 Å². The second-order valence-corrected chi connectivity index (χ2v) is 20.0. The van der Waals surface area contributed by atoms with E-state index in [-0.39, 0.29) is 0 Å². The molecule has 0 N–H and O–H groups in total. The Kier molecular flexibility index (Phi) is 8.59. The average Bonchev–Trinajstić information content (AvgIpc) is 3.88. The maximum absolute atomic E-state index is 17.4. The monoisotopic (exact) mass is 829 g/mol. The minimum absolute atomic E-state index is 0.574. The van der Waals surface area contributed by atoms with E-state index in [1.807, 2.05) is 86.0 Å². The zero-order valence-corrected chi connectivity index (χ0v) is 35.5. The molecular formula is C56H40FN5Si. The molecule has 0 bridgehead atoms. The maximum Gasteiger partial charge on any atom is 0.184 e. The van der Waals surface area contributed by atoms with E-state index in [1.165, 1.54) is 26.4 Å². The normalized spacial score (nSPS) is 13.6. The van der Waals surface area contributed by atoms with Crippen LogP contribution in [0.1, 0.15) is 17.3 Å². The molecular weight excluding hydrogens is 790 g/mol. The molecule has 0 amide bonds. The SMILES string of the molecule is Cn1c(-c2cccc(C(F)c3ccc4c5c6c(ccc5n(-c5ccccn5)c4c3)N(c3ccccc3)c3ccccc3[Si]6(c3ccccc3)c3ccccc3)c2)nc2ccccc21. The van der Waals surface area contributed by atoms with Crippen molar-refractivity contribution in [1.29, 1.82) is 0 Å². The number of pyridine rings is 1. The molecule has 1 atom stereocenters. The zero-order valence-electron chi connectivity index (χ0n) is 34.5. The van der Waals surface area contributed by atoms with E-state index in [9.17, 15) is 0 Å². The van der Waals surface area contributed by atoms with Crippen LogP contribution in [0.15, 0.2) is 219 Å². The summed E-state index contributed by atoms with van der Waals surface area (Å²) in [5, 5.41) is 7.39. The summed E-state index contributed by atoms with van der Waals surface area (Å²) in [6.45, 7) is 0. The van der Waals surface area contributed by atoms with E-state index in [0.29, 0.717) is 11.1 Å². The van der Waals surface area contributed by atoms with E-state index in [2.05, 4.69) is 154 Å². The van der Waals surface area contributed by atoms with Crippen molar-refractivity contribution in [3.05, 3.63) is 230 Å². The molecule has 5 nitrogen and oxygen atoms in total. The van der Waals surface area contributed by atoms with Crippen molar-refractivity contribution in [2.45, 2.75) is 6.17 Å². The number of aromatic nitrogens is 4. The molecule has 0 saturated heterocycles. The summed E-state index contributed by atoms with van der Waals surface area (Å²) in [6.07, 6.45) is 0.441. The fourth-order valence-electron chi connectivity index (χ4n) is 10.3. The first-order chi connectivity index (χ1) is 31.1. The summed E-state index contributed by atoms with van der Waals surface area (Å²) in [6, 6.07) is 74.4. The summed E-state index contributed by atoms with van der Waals surface area (Å²) in [7, 11) is -1.11. The number of alkyl halides is 1. The largest absolute Gasteiger partial charge is 0.327 e. The second-order valence-electron chi connectivity index (χ2n) is 16.3. The predicted octanol–water partition coefficient (Wildman–Crippen LogP) is 11.0. The van der Waals surface area contributed by atoms with Crippen LogP contribution < -0.4 is 25.6 Å². The maximum atomic E-state index is 17.4. The van der Waals surface area contributed by atoms with E-state index >= 15 is 4.39 Å². The first-order valence-electron chi connectivity index (χ1n) is 21.4. The third-order valence-corrected chi connectivity index (χ3v) is 17.8. The van der Waals surface area contributed by atoms with Crippen LogP contribution in [-0.2, 0) is 7.05 Å². The van der Waals surface area contributed by atoms with Crippen molar-refractivity contribution in [2.24, 2.45) is 7.05 Å². The molecule has 1 aliphatic rings. The Morgan fingerprint density at radius 2 is 1.22 bits per heavy atom. The fourth-order valence-corrected chi connectivity index (χ4v) is 15.6. The Balaban J connectivity index is 1.16. The molecule has 7 heteroatoms. The fraction of sp³-hybridized carbons (Fsp3) is 0.0357. The van der Waals surface area contributed by atoms with E-state index in [1.54, 1.807) is 0 Å². The van der Waals surface area contributed by atoms with Crippen LogP contribution in [0.4, 0.5) is 21.5 Å². The number of para-hydroxylation sites is 4. The molecule has 11 aromatic rings. The molecule has 0 fully saturated rings. The second kappa shape index (κ2) is 14.6. The van der Waals surface area contributed by atoms with Crippen molar-refractivity contribution >= 4 is 78.7 Å². The van der Waals surface area contributed by atoms with Crippen LogP contribution in [0.3, 0.4) is 0 Å². The lowest BCUT2D eigenvalue weighted by molar-refractivity contribution is 0.402. The Labute approximate surface area is 365 Å². The summed E-state index contributed by atoms with van der Waals surface area (Å²) < 4.78 is 21.7. The van der Waals surface area contributed by atoms with Crippen molar-refractivity contribution in [2.75, 3.05) is 4.90 Å². The highest BCUT2D eigenvalue weighted by Gasteiger charge is 2.50. The van der Waals surface area contributed by atoms with Gasteiger partial charge in [-0.2, -0.15) is 0 Å². The molecule has 4 heterocycles. The molecule has 0 spiro atoms. The minimum Gasteiger partial charge on any atom is -0.327 e. The number of hydrogen-bond donors (Lipinski definition) is 0. The van der Waals surface area contributed by atoms with Gasteiger partial charge < -0.3 is 9.47 Å². The van der Waals surface area contributed by atoms with E-state index < -0.39 is 14.2 Å². The molecule has 3 aromatic heterocycles. The van der Waals surface area contributed by atoms with Gasteiger partial charge in [0.2, 0.25) is 0 Å². The highest BCUT2D eigenvalue weighted by Crippen LogP contribution is 2.43. The first-order valence-corrected chi connectivity index (χ1v) is 23.4. The lowest BCUT2D eigenvalue weighted by Crippen LogP contribution is -2.77. The highest BCUT2D eigenvalue weighted by molar-refractivity contribution is 7.22. The molecule has 0 saturated carbocycles. The predicted molar refractivity (Wildman–Crippen MR) is 260 cm³/mol. The quantitative estimate of drug-likeness (QED) is 0.150. The summed E-state index contributed by atoms with van der Waals surface area (Å²) in [5.41, 5.74) is 9.29. The topological polar surface area (TPSA) is 38.9 Å². The third kappa shape index (κ3) is 5.60. The van der Waals surface area contributed by atoms with Gasteiger partial charge in [-0.15, -0.1) is 0 Å². The molecule has 0 radical (unpaired) electrons. The smallest absolute Gasteiger partial charge is 0.184 e. The Bertz CT molecular complexity index is 3460. The summed E-state index contributed by atoms with van der Waals surface area (Å²) in [4.78, 5) is 12.3. The molecule has 8 aromatic carbocycles. The Hall–Kier alpha value is -7.87. The van der Waals surface area contributed by atoms with Crippen LogP contribution in [-0.4, -0.2) is 27.2 Å². The summed E-state index contributed by atoms with van der Waals surface area (Å²) in [5.74, 6) is 1.58. The van der Waals surface area contributed by atoms with Gasteiger partial charge in [-0.25, -0.2) is 14.4 Å². The molecule has 63 heavy (non-hydrogen) atoms. The number of benzene rings is 8. The number of imidazole rings is 1. The standard InChI is InChI=1S/C56H40FN5Si/c1-60-46-27-12-11-26-45(46)59-56(60)40-19-17-18-38(36-40)54(57)39-31-32-44-50(37-39)62(52-30-15-16-35-58-52)48-33-34-49-55(53(44)48)63(42-22-7-3-8-23-42,43-24-9-4-10-25-43)51-29-14-13-28-47(51)61(49)41-20-5-2-6-21-41/h2-37,54H,1H3. The van der Waals surface area contributed by atoms with Gasteiger partial charge in [-0.1, -0.05) is 146 Å². The van der Waals surface area contributed by atoms with Crippen LogP contribution in [0, 0.1) is 0 Å². The van der Waals surface area contributed by atoms with Gasteiger partial charge >= 0.3 is 0 Å². The van der Waals surface area contributed by atoms with Crippen molar-refractivity contribution < 1.29 is 4.39 Å². The Morgan fingerprint density at radius 1 is 0.540 bits per heavy atom. The number of nitrogens with zero attached hydrogens (tertiary/aromatic N) is 5. The number of anilines is 3. The van der Waals surface area contributed by atoms with Gasteiger partial charge in [0, 0.05) is 46.6 Å². The number of aryl methyl sites for hydroxylation is 1. The van der Waals surface area contributed by atoms with Crippen LogP contribution in [0.5, 0.6) is 0 Å². The van der Waals surface area contributed by atoms with E-state index in [0.717, 1.165) is 61.4 Å². The average molecular weight is 830 g/mol. The van der Waals surface area contributed by atoms with Gasteiger partial charge in [0.25, 0.3) is 0 Å². The lowest BCUT2D eigenvalue weighted by Gasteiger charge is -2.45. The zero-order chi connectivity index (χ0) is 42.1. The van der Waals surface area contributed by atoms with Gasteiger partial charge in [-0.3, -0.25) is 4.57 Å². The highest BCUT2D eigenvalue weighted by atomic mass is 28.3. The van der Waals surface area contributed by atoms with Crippen LogP contribution in [0.2, 0.25) is 0 Å². The first kappa shape index (κ1) is 36.9. The number of fused-ring (bicyclic) bond motifs is 7. The summed E-state index contributed by atoms with van der Waals surface area (Å²) >= 11 is 0. The van der Waals surface area contributed by atoms with Crippen molar-refractivity contribution in [3.8, 4) is 17.2 Å². The molecule has 300 valence electrons. The number of halogens is 1. The van der Waals surface area contributed by atoms with Gasteiger partial charge in [0.1, 0.15) is 11.6 Å². The lowest BCUT2D eigenvalue weighted by atomic mass is 9.99. The van der Waals surface area contributed by atoms with Crippen LogP contribution >= 0.6 is 0 Å². The van der Waals surface area contributed by atoms with Crippen LogP contribution in [0.25, 0.3) is 50.0 Å². The number of hydrogen-bond acceptors (Lipinski definition) is 3. The minimum atomic E-state index is -3.12. The molecule has 12 rings (SSSR count). The van der Waals surface area contributed by atoms with E-state index in [4.69, 9.17) is 9.97 Å². The third-order valence-electron chi connectivity index (χ3n) is 12.9. The molecule has 1 unspecified atom stereocenters. The molecule has 1 aliphatic heterocycles. The van der Waals surface area contributed by atoms with Gasteiger partial charge in [0.05, 0.1) is 22.1 Å². The number of rotatable bonds is 7. The van der Waals surface area contributed by atoms with Gasteiger partial charge in [-0.05, 0) is 98.6 Å². The van der Waals surface area contributed by atoms with Crippen molar-refractivity contribution in [1.82, 2.24) is 19.1 Å².